The van der Waals surface area contributed by atoms with Crippen LogP contribution in [0, 0.1) is 0 Å². The van der Waals surface area contributed by atoms with E-state index in [0.29, 0.717) is 6.04 Å². The van der Waals surface area contributed by atoms with Crippen molar-refractivity contribution in [1.82, 2.24) is 10.2 Å². The minimum atomic E-state index is 0.711. The second-order valence-electron chi connectivity index (χ2n) is 6.66. The molecule has 2 fully saturated rings. The fourth-order valence-electron chi connectivity index (χ4n) is 3.53. The second kappa shape index (κ2) is 7.34. The molecule has 0 amide bonds. The SMILES string of the molecule is COc1cc(CNC2CCCC2)ccc1N1CCN(C)CC1. The van der Waals surface area contributed by atoms with Crippen LogP contribution in [0.2, 0.25) is 0 Å². The summed E-state index contributed by atoms with van der Waals surface area (Å²) in [4.78, 5) is 4.82. The van der Waals surface area contributed by atoms with Crippen molar-refractivity contribution < 1.29 is 4.74 Å². The van der Waals surface area contributed by atoms with E-state index < -0.39 is 0 Å². The van der Waals surface area contributed by atoms with Gasteiger partial charge in [0, 0.05) is 38.8 Å². The molecule has 0 spiro atoms. The van der Waals surface area contributed by atoms with Crippen molar-refractivity contribution in [3.05, 3.63) is 23.8 Å². The summed E-state index contributed by atoms with van der Waals surface area (Å²) in [6.45, 7) is 5.34. The molecule has 3 rings (SSSR count). The minimum Gasteiger partial charge on any atom is -0.495 e. The fourth-order valence-corrected chi connectivity index (χ4v) is 3.53. The highest BCUT2D eigenvalue weighted by Crippen LogP contribution is 2.30. The Labute approximate surface area is 134 Å². The fraction of sp³-hybridized carbons (Fsp3) is 0.667. The third kappa shape index (κ3) is 3.73. The topological polar surface area (TPSA) is 27.7 Å². The first-order valence-corrected chi connectivity index (χ1v) is 8.60. The highest BCUT2D eigenvalue weighted by Gasteiger charge is 2.18. The lowest BCUT2D eigenvalue weighted by Gasteiger charge is -2.34. The van der Waals surface area contributed by atoms with Gasteiger partial charge in [0.05, 0.1) is 12.8 Å². The zero-order valence-corrected chi connectivity index (χ0v) is 14.0. The molecule has 1 N–H and O–H groups in total. The number of benzene rings is 1. The maximum absolute atomic E-state index is 5.65. The Hall–Kier alpha value is -1.26. The molecule has 122 valence electrons. The smallest absolute Gasteiger partial charge is 0.142 e. The van der Waals surface area contributed by atoms with Crippen LogP contribution in [0.1, 0.15) is 31.2 Å². The van der Waals surface area contributed by atoms with Gasteiger partial charge in [0.2, 0.25) is 0 Å². The molecular weight excluding hydrogens is 274 g/mol. The Morgan fingerprint density at radius 2 is 1.86 bits per heavy atom. The van der Waals surface area contributed by atoms with Crippen molar-refractivity contribution >= 4 is 5.69 Å². The van der Waals surface area contributed by atoms with Crippen LogP contribution < -0.4 is 15.0 Å². The van der Waals surface area contributed by atoms with Gasteiger partial charge in [-0.15, -0.1) is 0 Å². The van der Waals surface area contributed by atoms with Gasteiger partial charge in [-0.2, -0.15) is 0 Å². The predicted molar refractivity (Wildman–Crippen MR) is 91.8 cm³/mol. The van der Waals surface area contributed by atoms with E-state index in [1.165, 1.54) is 36.9 Å². The lowest BCUT2D eigenvalue weighted by molar-refractivity contribution is 0.311. The lowest BCUT2D eigenvalue weighted by atomic mass is 10.1. The molecule has 1 aliphatic carbocycles. The van der Waals surface area contributed by atoms with Crippen molar-refractivity contribution in [2.75, 3.05) is 45.2 Å². The van der Waals surface area contributed by atoms with Gasteiger partial charge < -0.3 is 19.9 Å². The molecule has 1 heterocycles. The molecule has 0 aromatic heterocycles. The van der Waals surface area contributed by atoms with E-state index in [0.717, 1.165) is 38.5 Å². The first-order chi connectivity index (χ1) is 10.8. The second-order valence-corrected chi connectivity index (χ2v) is 6.66. The van der Waals surface area contributed by atoms with E-state index >= 15 is 0 Å². The Bertz CT molecular complexity index is 477. The number of piperazine rings is 1. The van der Waals surface area contributed by atoms with Crippen molar-refractivity contribution in [2.45, 2.75) is 38.3 Å². The van der Waals surface area contributed by atoms with Gasteiger partial charge in [0.25, 0.3) is 0 Å². The van der Waals surface area contributed by atoms with Crippen molar-refractivity contribution in [3.63, 3.8) is 0 Å². The average Bonchev–Trinajstić information content (AvgIpc) is 3.07. The van der Waals surface area contributed by atoms with Crippen molar-refractivity contribution in [1.29, 1.82) is 0 Å². The largest absolute Gasteiger partial charge is 0.495 e. The van der Waals surface area contributed by atoms with Crippen LogP contribution >= 0.6 is 0 Å². The third-order valence-corrected chi connectivity index (χ3v) is 5.04. The molecule has 4 nitrogen and oxygen atoms in total. The summed E-state index contributed by atoms with van der Waals surface area (Å²) < 4.78 is 5.65. The van der Waals surface area contributed by atoms with E-state index in [4.69, 9.17) is 4.74 Å². The first-order valence-electron chi connectivity index (χ1n) is 8.60. The first kappa shape index (κ1) is 15.6. The minimum absolute atomic E-state index is 0.711. The van der Waals surface area contributed by atoms with E-state index in [1.807, 2.05) is 0 Å². The molecule has 0 radical (unpaired) electrons. The van der Waals surface area contributed by atoms with Crippen molar-refractivity contribution in [3.8, 4) is 5.75 Å². The van der Waals surface area contributed by atoms with Crippen LogP contribution in [0.3, 0.4) is 0 Å². The number of rotatable bonds is 5. The molecule has 1 saturated heterocycles. The number of hydrogen-bond donors (Lipinski definition) is 1. The van der Waals surface area contributed by atoms with Crippen LogP contribution in [0.25, 0.3) is 0 Å². The predicted octanol–water partition coefficient (Wildman–Crippen LogP) is 2.48. The van der Waals surface area contributed by atoms with Gasteiger partial charge in [-0.1, -0.05) is 18.9 Å². The molecule has 1 aromatic carbocycles. The summed E-state index contributed by atoms with van der Waals surface area (Å²) in [7, 11) is 3.97. The Balaban J connectivity index is 1.64. The molecule has 2 aliphatic rings. The number of methoxy groups -OCH3 is 1. The van der Waals surface area contributed by atoms with Crippen LogP contribution in [-0.2, 0) is 6.54 Å². The normalized spacial score (nSPS) is 20.5. The Morgan fingerprint density at radius 3 is 2.55 bits per heavy atom. The number of anilines is 1. The maximum Gasteiger partial charge on any atom is 0.142 e. The average molecular weight is 303 g/mol. The lowest BCUT2D eigenvalue weighted by Crippen LogP contribution is -2.44. The number of ether oxygens (including phenoxy) is 1. The molecule has 1 saturated carbocycles. The molecule has 1 aromatic rings. The van der Waals surface area contributed by atoms with Gasteiger partial charge in [0.15, 0.2) is 0 Å². The van der Waals surface area contributed by atoms with Gasteiger partial charge in [-0.25, -0.2) is 0 Å². The summed E-state index contributed by atoms with van der Waals surface area (Å²) in [5.74, 6) is 1.01. The van der Waals surface area contributed by atoms with Gasteiger partial charge in [-0.05, 0) is 37.6 Å². The quantitative estimate of drug-likeness (QED) is 0.904. The highest BCUT2D eigenvalue weighted by atomic mass is 16.5. The monoisotopic (exact) mass is 303 g/mol. The van der Waals surface area contributed by atoms with E-state index in [1.54, 1.807) is 7.11 Å². The molecule has 0 unspecified atom stereocenters. The molecule has 0 bridgehead atoms. The van der Waals surface area contributed by atoms with Crippen LogP contribution in [0.15, 0.2) is 18.2 Å². The van der Waals surface area contributed by atoms with Gasteiger partial charge >= 0.3 is 0 Å². The third-order valence-electron chi connectivity index (χ3n) is 5.04. The number of nitrogens with one attached hydrogen (secondary N) is 1. The number of likely N-dealkylation sites (N-methyl/N-ethyl adjacent to an activating group) is 1. The van der Waals surface area contributed by atoms with E-state index in [9.17, 15) is 0 Å². The summed E-state index contributed by atoms with van der Waals surface area (Å²) in [6, 6.07) is 7.40. The zero-order valence-electron chi connectivity index (χ0n) is 14.0. The summed E-state index contributed by atoms with van der Waals surface area (Å²) in [5, 5.41) is 3.68. The summed E-state index contributed by atoms with van der Waals surface area (Å²) in [6.07, 6.45) is 5.42. The number of nitrogens with zero attached hydrogens (tertiary/aromatic N) is 2. The van der Waals surface area contributed by atoms with E-state index in [2.05, 4.69) is 40.4 Å². The summed E-state index contributed by atoms with van der Waals surface area (Å²) >= 11 is 0. The van der Waals surface area contributed by atoms with Crippen LogP contribution in [0.5, 0.6) is 5.75 Å². The van der Waals surface area contributed by atoms with E-state index in [-0.39, 0.29) is 0 Å². The number of hydrogen-bond acceptors (Lipinski definition) is 4. The van der Waals surface area contributed by atoms with Crippen molar-refractivity contribution in [2.24, 2.45) is 0 Å². The van der Waals surface area contributed by atoms with Gasteiger partial charge in [-0.3, -0.25) is 0 Å². The highest BCUT2D eigenvalue weighted by molar-refractivity contribution is 5.60. The molecular formula is C18H29N3O. The molecule has 0 atom stereocenters. The van der Waals surface area contributed by atoms with Crippen LogP contribution in [-0.4, -0.2) is 51.3 Å². The molecule has 1 aliphatic heterocycles. The zero-order chi connectivity index (χ0) is 15.4. The Kier molecular flexibility index (Phi) is 5.21. The standard InChI is InChI=1S/C18H29N3O/c1-20-9-11-21(12-10-20)17-8-7-15(13-18(17)22-2)14-19-16-5-3-4-6-16/h7-8,13,16,19H,3-6,9-12,14H2,1-2H3. The Morgan fingerprint density at radius 1 is 1.14 bits per heavy atom. The van der Waals surface area contributed by atoms with Crippen LogP contribution in [0.4, 0.5) is 5.69 Å². The maximum atomic E-state index is 5.65. The van der Waals surface area contributed by atoms with Gasteiger partial charge in [0.1, 0.15) is 5.75 Å². The summed E-state index contributed by atoms with van der Waals surface area (Å²) in [5.41, 5.74) is 2.56. The molecule has 4 heteroatoms. The molecule has 22 heavy (non-hydrogen) atoms.